The number of likely N-dealkylation sites (tertiary alicyclic amines) is 1. The Morgan fingerprint density at radius 2 is 1.85 bits per heavy atom. The first-order valence-corrected chi connectivity index (χ1v) is 5.25. The molecular formula is C10H18N2O. The van der Waals surface area contributed by atoms with Gasteiger partial charge in [0.15, 0.2) is 5.78 Å². The first-order chi connectivity index (χ1) is 6.29. The monoisotopic (exact) mass is 182 g/mol. The second-order valence-corrected chi connectivity index (χ2v) is 4.35. The Morgan fingerprint density at radius 1 is 1.23 bits per heavy atom. The summed E-state index contributed by atoms with van der Waals surface area (Å²) in [5.41, 5.74) is 5.63. The molecule has 0 aromatic carbocycles. The molecule has 0 amide bonds. The van der Waals surface area contributed by atoms with Gasteiger partial charge in [-0.1, -0.05) is 0 Å². The van der Waals surface area contributed by atoms with Crippen LogP contribution in [0.2, 0.25) is 0 Å². The lowest BCUT2D eigenvalue weighted by atomic mass is 9.84. The maximum absolute atomic E-state index is 10.8. The van der Waals surface area contributed by atoms with Crippen LogP contribution in [-0.2, 0) is 4.79 Å². The largest absolute Gasteiger partial charge is 0.330 e. The van der Waals surface area contributed by atoms with Crippen molar-refractivity contribution >= 4 is 5.78 Å². The topological polar surface area (TPSA) is 46.3 Å². The Balaban J connectivity index is 1.75. The first-order valence-electron chi connectivity index (χ1n) is 5.25. The molecule has 1 aliphatic heterocycles. The van der Waals surface area contributed by atoms with E-state index in [4.69, 9.17) is 5.73 Å². The van der Waals surface area contributed by atoms with Gasteiger partial charge in [-0.2, -0.15) is 0 Å². The number of hydrogen-bond acceptors (Lipinski definition) is 3. The molecule has 0 radical (unpaired) electrons. The summed E-state index contributed by atoms with van der Waals surface area (Å²) in [6.45, 7) is 2.25. The van der Waals surface area contributed by atoms with Gasteiger partial charge in [-0.05, 0) is 38.1 Å². The zero-order valence-corrected chi connectivity index (χ0v) is 8.04. The molecule has 0 atom stereocenters. The zero-order chi connectivity index (χ0) is 9.26. The zero-order valence-electron chi connectivity index (χ0n) is 8.04. The lowest BCUT2D eigenvalue weighted by Crippen LogP contribution is -2.53. The van der Waals surface area contributed by atoms with Gasteiger partial charge < -0.3 is 5.73 Å². The molecule has 1 saturated carbocycles. The standard InChI is InChI=1S/C10H18N2O/c11-5-8-1-3-9(4-2-8)12-6-10(13)7-12/h8-9H,1-7,11H2. The highest BCUT2D eigenvalue weighted by molar-refractivity contribution is 5.87. The van der Waals surface area contributed by atoms with E-state index in [-0.39, 0.29) is 0 Å². The van der Waals surface area contributed by atoms with E-state index >= 15 is 0 Å². The summed E-state index contributed by atoms with van der Waals surface area (Å²) >= 11 is 0. The Bertz CT molecular complexity index is 189. The molecule has 2 fully saturated rings. The number of rotatable bonds is 2. The van der Waals surface area contributed by atoms with Crippen molar-refractivity contribution in [3.63, 3.8) is 0 Å². The third-order valence-electron chi connectivity index (χ3n) is 3.42. The van der Waals surface area contributed by atoms with Crippen LogP contribution in [0, 0.1) is 5.92 Å². The average molecular weight is 182 g/mol. The molecule has 2 aliphatic rings. The maximum Gasteiger partial charge on any atom is 0.160 e. The van der Waals surface area contributed by atoms with Gasteiger partial charge in [0.25, 0.3) is 0 Å². The minimum absolute atomic E-state index is 0.404. The van der Waals surface area contributed by atoms with Crippen LogP contribution in [0.15, 0.2) is 0 Å². The van der Waals surface area contributed by atoms with Crippen molar-refractivity contribution in [1.82, 2.24) is 4.90 Å². The SMILES string of the molecule is NCC1CCC(N2CC(=O)C2)CC1. The van der Waals surface area contributed by atoms with Crippen molar-refractivity contribution < 1.29 is 4.79 Å². The van der Waals surface area contributed by atoms with Crippen molar-refractivity contribution in [3.8, 4) is 0 Å². The van der Waals surface area contributed by atoms with Gasteiger partial charge in [0.05, 0.1) is 13.1 Å². The van der Waals surface area contributed by atoms with Crippen LogP contribution in [0.4, 0.5) is 0 Å². The summed E-state index contributed by atoms with van der Waals surface area (Å²) in [6.07, 6.45) is 5.00. The first kappa shape index (κ1) is 9.16. The van der Waals surface area contributed by atoms with E-state index in [0.29, 0.717) is 24.9 Å². The smallest absolute Gasteiger partial charge is 0.160 e. The van der Waals surface area contributed by atoms with Gasteiger partial charge in [-0.15, -0.1) is 0 Å². The number of nitrogens with zero attached hydrogens (tertiary/aromatic N) is 1. The lowest BCUT2D eigenvalue weighted by Gasteiger charge is -2.40. The minimum Gasteiger partial charge on any atom is -0.330 e. The molecule has 0 aromatic heterocycles. The fraction of sp³-hybridized carbons (Fsp3) is 0.900. The third-order valence-corrected chi connectivity index (χ3v) is 3.42. The predicted molar refractivity (Wildman–Crippen MR) is 51.4 cm³/mol. The van der Waals surface area contributed by atoms with Crippen molar-refractivity contribution in [1.29, 1.82) is 0 Å². The van der Waals surface area contributed by atoms with Crippen LogP contribution in [-0.4, -0.2) is 36.4 Å². The van der Waals surface area contributed by atoms with E-state index in [1.807, 2.05) is 0 Å². The third kappa shape index (κ3) is 1.92. The Kier molecular flexibility index (Phi) is 2.65. The van der Waals surface area contributed by atoms with Gasteiger partial charge in [0.1, 0.15) is 0 Å². The van der Waals surface area contributed by atoms with Crippen LogP contribution < -0.4 is 5.73 Å². The van der Waals surface area contributed by atoms with E-state index in [9.17, 15) is 4.79 Å². The molecule has 74 valence electrons. The number of Topliss-reactive ketones (excluding diaryl/α,β-unsaturated/α-hetero) is 1. The van der Waals surface area contributed by atoms with Crippen molar-refractivity contribution in [2.45, 2.75) is 31.7 Å². The van der Waals surface area contributed by atoms with Gasteiger partial charge in [-0.3, -0.25) is 9.69 Å². The van der Waals surface area contributed by atoms with Crippen LogP contribution in [0.5, 0.6) is 0 Å². The number of ketones is 1. The number of carbonyl (C=O) groups excluding carboxylic acids is 1. The second kappa shape index (κ2) is 3.76. The van der Waals surface area contributed by atoms with Crippen molar-refractivity contribution in [3.05, 3.63) is 0 Å². The highest BCUT2D eigenvalue weighted by Gasteiger charge is 2.32. The molecule has 2 rings (SSSR count). The molecular weight excluding hydrogens is 164 g/mol. The summed E-state index contributed by atoms with van der Waals surface area (Å²) in [4.78, 5) is 13.1. The van der Waals surface area contributed by atoms with Gasteiger partial charge >= 0.3 is 0 Å². The molecule has 0 bridgehead atoms. The van der Waals surface area contributed by atoms with E-state index in [1.54, 1.807) is 0 Å². The van der Waals surface area contributed by atoms with E-state index in [0.717, 1.165) is 12.5 Å². The molecule has 3 heteroatoms. The lowest BCUT2D eigenvalue weighted by molar-refractivity contribution is -0.131. The normalized spacial score (nSPS) is 35.9. The quantitative estimate of drug-likeness (QED) is 0.672. The van der Waals surface area contributed by atoms with Crippen LogP contribution in [0.25, 0.3) is 0 Å². The molecule has 1 saturated heterocycles. The van der Waals surface area contributed by atoms with Crippen LogP contribution in [0.1, 0.15) is 25.7 Å². The van der Waals surface area contributed by atoms with Crippen LogP contribution in [0.3, 0.4) is 0 Å². The van der Waals surface area contributed by atoms with Gasteiger partial charge in [0, 0.05) is 6.04 Å². The Hall–Kier alpha value is -0.410. The molecule has 0 aromatic rings. The second-order valence-electron chi connectivity index (χ2n) is 4.35. The van der Waals surface area contributed by atoms with Crippen molar-refractivity contribution in [2.75, 3.05) is 19.6 Å². The molecule has 13 heavy (non-hydrogen) atoms. The molecule has 0 unspecified atom stereocenters. The summed E-state index contributed by atoms with van der Waals surface area (Å²) in [7, 11) is 0. The van der Waals surface area contributed by atoms with E-state index in [1.165, 1.54) is 25.7 Å². The highest BCUT2D eigenvalue weighted by atomic mass is 16.1. The highest BCUT2D eigenvalue weighted by Crippen LogP contribution is 2.28. The van der Waals surface area contributed by atoms with E-state index in [2.05, 4.69) is 4.90 Å². The maximum atomic E-state index is 10.8. The van der Waals surface area contributed by atoms with E-state index < -0.39 is 0 Å². The Labute approximate surface area is 79.3 Å². The fourth-order valence-corrected chi connectivity index (χ4v) is 2.41. The molecule has 1 aliphatic carbocycles. The average Bonchev–Trinajstić information content (AvgIpc) is 2.13. The van der Waals surface area contributed by atoms with Crippen LogP contribution >= 0.6 is 0 Å². The Morgan fingerprint density at radius 3 is 2.31 bits per heavy atom. The number of hydrogen-bond donors (Lipinski definition) is 1. The number of carbonyl (C=O) groups is 1. The summed E-state index contributed by atoms with van der Waals surface area (Å²) < 4.78 is 0. The summed E-state index contributed by atoms with van der Waals surface area (Å²) in [5.74, 6) is 1.15. The fourth-order valence-electron chi connectivity index (χ4n) is 2.41. The van der Waals surface area contributed by atoms with Crippen molar-refractivity contribution in [2.24, 2.45) is 11.7 Å². The molecule has 1 heterocycles. The minimum atomic E-state index is 0.404. The predicted octanol–water partition coefficient (Wildman–Crippen LogP) is 0.389. The summed E-state index contributed by atoms with van der Waals surface area (Å²) in [5, 5.41) is 0. The molecule has 3 nitrogen and oxygen atoms in total. The van der Waals surface area contributed by atoms with Gasteiger partial charge in [-0.25, -0.2) is 0 Å². The molecule has 2 N–H and O–H groups in total. The number of nitrogens with two attached hydrogens (primary N) is 1. The summed E-state index contributed by atoms with van der Waals surface area (Å²) in [6, 6.07) is 0.681. The van der Waals surface area contributed by atoms with Gasteiger partial charge in [0.2, 0.25) is 0 Å². The molecule has 0 spiro atoms.